The van der Waals surface area contributed by atoms with Gasteiger partial charge in [-0.3, -0.25) is 4.57 Å². The second-order valence-corrected chi connectivity index (χ2v) is 29.0. The van der Waals surface area contributed by atoms with E-state index in [0.717, 1.165) is 100 Å². The maximum Gasteiger partial charge on any atom is 0.165 e. The lowest BCUT2D eigenvalue weighted by molar-refractivity contribution is 1.08. The third kappa shape index (κ3) is 9.93. The van der Waals surface area contributed by atoms with Crippen LogP contribution in [0.2, 0.25) is 0 Å². The summed E-state index contributed by atoms with van der Waals surface area (Å²) in [5.41, 5.74) is 19.0. The predicted molar refractivity (Wildman–Crippen MR) is 466 cm³/mol. The molecule has 0 saturated heterocycles. The molecule has 0 bridgehead atoms. The minimum atomic E-state index is 0.638. The Morgan fingerprint density at radius 1 is 0.188 bits per heavy atom. The van der Waals surface area contributed by atoms with E-state index >= 15 is 0 Å². The van der Waals surface area contributed by atoms with E-state index < -0.39 is 0 Å². The van der Waals surface area contributed by atoms with Gasteiger partial charge in [0.25, 0.3) is 0 Å². The molecule has 0 amide bonds. The minimum Gasteiger partial charge on any atom is -0.309 e. The lowest BCUT2D eigenvalue weighted by Gasteiger charge is -2.15. The van der Waals surface area contributed by atoms with Crippen LogP contribution in [0.1, 0.15) is 0 Å². The normalized spacial score (nSPS) is 11.9. The van der Waals surface area contributed by atoms with E-state index in [1.54, 1.807) is 0 Å². The molecule has 24 rings (SSSR count). The van der Waals surface area contributed by atoms with Crippen LogP contribution in [0, 0.1) is 0 Å². The molecule has 9 nitrogen and oxygen atoms in total. The molecule has 0 saturated carbocycles. The van der Waals surface area contributed by atoms with E-state index in [2.05, 4.69) is 328 Å². The number of aromatic nitrogens is 9. The highest BCUT2D eigenvalue weighted by atomic mass is 15.1. The van der Waals surface area contributed by atoms with Gasteiger partial charge in [-0.15, -0.1) is 0 Å². The Kier molecular flexibility index (Phi) is 14.2. The summed E-state index contributed by atoms with van der Waals surface area (Å²) in [5.74, 6) is 2.74. The van der Waals surface area contributed by atoms with Crippen LogP contribution in [-0.2, 0) is 0 Å². The van der Waals surface area contributed by atoms with Gasteiger partial charge in [-0.25, -0.2) is 24.9 Å². The molecule has 0 aliphatic heterocycles. The summed E-state index contributed by atoms with van der Waals surface area (Å²) in [4.78, 5) is 26.0. The first-order valence-electron chi connectivity index (χ1n) is 38.0. The van der Waals surface area contributed by atoms with Crippen LogP contribution >= 0.6 is 0 Å². The Morgan fingerprint density at radius 2 is 0.616 bits per heavy atom. The van der Waals surface area contributed by atoms with Gasteiger partial charge in [-0.1, -0.05) is 279 Å². The van der Waals surface area contributed by atoms with Crippen molar-refractivity contribution >= 4 is 152 Å². The van der Waals surface area contributed by atoms with Gasteiger partial charge in [0.2, 0.25) is 0 Å². The Bertz CT molecular complexity index is 7950. The third-order valence-corrected chi connectivity index (χ3v) is 22.8. The molecule has 0 unspecified atom stereocenters. The molecule has 0 aliphatic carbocycles. The Hall–Kier alpha value is -15.2. The zero-order valence-electron chi connectivity index (χ0n) is 60.4. The molecule has 112 heavy (non-hydrogen) atoms. The Balaban J connectivity index is 0.000000134. The standard InChI is InChI=1S/C53H33N5.C50H30N4/c1-4-17-35(18-5-1)51-54-52(36-19-6-2-7-20-36)56-53(55-51)42-29-31-46(40-25-13-12-24-39(40)42)58-45-27-15-14-26-41(45)43-32-44-49(33-48(43)58)57(37-21-8-3-9-22-37)47-30-28-34-16-10-11-23-38(34)50(44)47;1-3-14-34-27-36(22-21-31(34)11-1)49-50(52-43-19-9-8-18-42(43)51-49)54-44-20-10-7-17-39(44)40-29-41-47(30-46(40)54)53(37-25-23-32-12-2-4-15-35(32)28-37)45-26-24-33-13-5-6-16-38(33)48(41)45/h1-33H;1-30H. The van der Waals surface area contributed by atoms with E-state index in [9.17, 15) is 0 Å². The van der Waals surface area contributed by atoms with Crippen LogP contribution in [0.5, 0.6) is 0 Å². The number of rotatable bonds is 8. The van der Waals surface area contributed by atoms with E-state index in [1.807, 2.05) is 72.8 Å². The molecule has 0 N–H and O–H groups in total. The van der Waals surface area contributed by atoms with Crippen molar-refractivity contribution in [3.63, 3.8) is 0 Å². The summed E-state index contributed by atoms with van der Waals surface area (Å²) in [7, 11) is 0. The SMILES string of the molecule is c1ccc(-c2nc(-c3ccccc3)nc(-c3ccc(-n4c5ccccc5c5cc6c7c8ccccc8ccc7n(-c7ccccc7)c6cc54)c4ccccc34)n2)cc1.c1ccc2cc(-c3nc4ccccc4nc3-n3c4ccccc4c4cc5c6c7ccccc7ccc6n(-c6ccc7ccccc7c6)c5cc43)ccc2c1. The summed E-state index contributed by atoms with van der Waals surface area (Å²) in [5, 5.41) is 21.8. The summed E-state index contributed by atoms with van der Waals surface area (Å²) in [6.07, 6.45) is 0. The monoisotopic (exact) mass is 1430 g/mol. The molecule has 9 heteroatoms. The van der Waals surface area contributed by atoms with Crippen molar-refractivity contribution in [1.82, 2.24) is 43.2 Å². The van der Waals surface area contributed by atoms with Crippen molar-refractivity contribution in [3.8, 4) is 68.3 Å². The first kappa shape index (κ1) is 63.0. The number of nitrogens with zero attached hydrogens (tertiary/aromatic N) is 9. The van der Waals surface area contributed by atoms with Crippen molar-refractivity contribution in [2.75, 3.05) is 0 Å². The van der Waals surface area contributed by atoms with Crippen LogP contribution in [0.4, 0.5) is 0 Å². The van der Waals surface area contributed by atoms with Crippen molar-refractivity contribution in [3.05, 3.63) is 382 Å². The molecule has 18 aromatic carbocycles. The predicted octanol–water partition coefficient (Wildman–Crippen LogP) is 26.3. The van der Waals surface area contributed by atoms with Gasteiger partial charge in [-0.05, 0) is 152 Å². The lowest BCUT2D eigenvalue weighted by Crippen LogP contribution is -2.04. The molecule has 520 valence electrons. The van der Waals surface area contributed by atoms with Crippen LogP contribution in [0.25, 0.3) is 220 Å². The quantitative estimate of drug-likeness (QED) is 0.151. The zero-order valence-corrected chi connectivity index (χ0v) is 60.4. The summed E-state index contributed by atoms with van der Waals surface area (Å²) >= 11 is 0. The van der Waals surface area contributed by atoms with E-state index in [-0.39, 0.29) is 0 Å². The second-order valence-electron chi connectivity index (χ2n) is 29.0. The van der Waals surface area contributed by atoms with Crippen LogP contribution in [-0.4, -0.2) is 43.2 Å². The van der Waals surface area contributed by atoms with Gasteiger partial charge >= 0.3 is 0 Å². The maximum absolute atomic E-state index is 5.45. The Morgan fingerprint density at radius 3 is 1.21 bits per heavy atom. The van der Waals surface area contributed by atoms with Gasteiger partial charge in [0.05, 0.1) is 60.9 Å². The number of para-hydroxylation sites is 5. The fourth-order valence-electron chi connectivity index (χ4n) is 17.7. The first-order chi connectivity index (χ1) is 55.5. The number of hydrogen-bond donors (Lipinski definition) is 0. The van der Waals surface area contributed by atoms with Gasteiger partial charge in [0, 0.05) is 82.1 Å². The van der Waals surface area contributed by atoms with Gasteiger partial charge in [-0.2, -0.15) is 0 Å². The van der Waals surface area contributed by atoms with E-state index in [1.165, 1.54) is 103 Å². The molecule has 0 spiro atoms. The number of fused-ring (bicyclic) bond motifs is 20. The Labute approximate surface area is 641 Å². The topological polar surface area (TPSA) is 84.2 Å². The summed E-state index contributed by atoms with van der Waals surface area (Å²) in [6, 6.07) is 136. The molecular formula is C103H63N9. The van der Waals surface area contributed by atoms with E-state index in [4.69, 9.17) is 24.9 Å². The fourth-order valence-corrected chi connectivity index (χ4v) is 17.7. The molecule has 0 radical (unpaired) electrons. The van der Waals surface area contributed by atoms with E-state index in [0.29, 0.717) is 17.5 Å². The highest BCUT2D eigenvalue weighted by Crippen LogP contribution is 2.47. The average Bonchev–Trinajstić information content (AvgIpc) is 1.57. The highest BCUT2D eigenvalue weighted by molar-refractivity contribution is 6.27. The van der Waals surface area contributed by atoms with Crippen LogP contribution in [0.3, 0.4) is 0 Å². The molecule has 0 atom stereocenters. The lowest BCUT2D eigenvalue weighted by atomic mass is 10.0. The summed E-state index contributed by atoms with van der Waals surface area (Å²) in [6.45, 7) is 0. The number of hydrogen-bond acceptors (Lipinski definition) is 5. The molecule has 0 fully saturated rings. The molecule has 6 heterocycles. The second kappa shape index (κ2) is 25.2. The first-order valence-corrected chi connectivity index (χ1v) is 38.0. The van der Waals surface area contributed by atoms with Crippen LogP contribution < -0.4 is 0 Å². The molecule has 6 aromatic heterocycles. The van der Waals surface area contributed by atoms with Crippen molar-refractivity contribution in [2.24, 2.45) is 0 Å². The molecule has 24 aromatic rings. The van der Waals surface area contributed by atoms with Crippen LogP contribution in [0.15, 0.2) is 382 Å². The minimum absolute atomic E-state index is 0.638. The summed E-state index contributed by atoms with van der Waals surface area (Å²) < 4.78 is 9.66. The van der Waals surface area contributed by atoms with Crippen molar-refractivity contribution < 1.29 is 0 Å². The smallest absolute Gasteiger partial charge is 0.165 e. The molecule has 0 aliphatic rings. The van der Waals surface area contributed by atoms with Gasteiger partial charge < -0.3 is 13.7 Å². The van der Waals surface area contributed by atoms with Gasteiger partial charge in [0.1, 0.15) is 5.69 Å². The molecular weight excluding hydrogens is 1360 g/mol. The number of benzene rings is 18. The maximum atomic E-state index is 5.45. The zero-order chi connectivity index (χ0) is 73.5. The largest absolute Gasteiger partial charge is 0.309 e. The average molecular weight is 1430 g/mol. The van der Waals surface area contributed by atoms with Crippen molar-refractivity contribution in [1.29, 1.82) is 0 Å². The van der Waals surface area contributed by atoms with Gasteiger partial charge in [0.15, 0.2) is 23.3 Å². The fraction of sp³-hybridized carbons (Fsp3) is 0. The third-order valence-electron chi connectivity index (χ3n) is 22.8. The van der Waals surface area contributed by atoms with Crippen molar-refractivity contribution in [2.45, 2.75) is 0 Å². The highest BCUT2D eigenvalue weighted by Gasteiger charge is 2.26.